The van der Waals surface area contributed by atoms with E-state index in [4.69, 9.17) is 23.8 Å². The minimum Gasteiger partial charge on any atom is -0.341 e. The van der Waals surface area contributed by atoms with E-state index < -0.39 is 0 Å². The highest BCUT2D eigenvalue weighted by molar-refractivity contribution is 7.71. The lowest BCUT2D eigenvalue weighted by Crippen LogP contribution is -2.34. The number of carbonyl (C=O) groups excluding carboxylic acids is 1. The Balaban J connectivity index is 1.82. The zero-order chi connectivity index (χ0) is 16.2. The summed E-state index contributed by atoms with van der Waals surface area (Å²) in [6.07, 6.45) is 4.55. The van der Waals surface area contributed by atoms with Crippen molar-refractivity contribution in [2.24, 2.45) is 0 Å². The number of carbonyl (C=O) groups is 1. The molecule has 0 spiro atoms. The van der Waals surface area contributed by atoms with Gasteiger partial charge in [-0.25, -0.2) is 0 Å². The molecule has 0 atom stereocenters. The van der Waals surface area contributed by atoms with Crippen molar-refractivity contribution in [3.8, 4) is 11.4 Å². The second kappa shape index (κ2) is 7.27. The first-order chi connectivity index (χ1) is 11.1. The summed E-state index contributed by atoms with van der Waals surface area (Å²) in [5.41, 5.74) is 0.880. The summed E-state index contributed by atoms with van der Waals surface area (Å²) in [5, 5.41) is 7.71. The Morgan fingerprint density at radius 1 is 1.17 bits per heavy atom. The van der Waals surface area contributed by atoms with Crippen LogP contribution in [0.2, 0.25) is 5.02 Å². The van der Waals surface area contributed by atoms with Crippen molar-refractivity contribution in [3.05, 3.63) is 34.1 Å². The molecule has 1 N–H and O–H groups in total. The molecule has 0 saturated carbocycles. The van der Waals surface area contributed by atoms with E-state index >= 15 is 0 Å². The molecule has 0 aliphatic carbocycles. The van der Waals surface area contributed by atoms with Gasteiger partial charge in [-0.3, -0.25) is 14.5 Å². The molecule has 122 valence electrons. The lowest BCUT2D eigenvalue weighted by molar-refractivity contribution is -0.131. The zero-order valence-electron chi connectivity index (χ0n) is 12.8. The molecule has 7 heteroatoms. The normalized spacial score (nSPS) is 15.4. The average Bonchev–Trinajstić information content (AvgIpc) is 2.78. The summed E-state index contributed by atoms with van der Waals surface area (Å²) in [7, 11) is 0. The molecule has 0 radical (unpaired) electrons. The van der Waals surface area contributed by atoms with E-state index in [1.54, 1.807) is 16.7 Å². The summed E-state index contributed by atoms with van der Waals surface area (Å²) in [5.74, 6) is 0.759. The van der Waals surface area contributed by atoms with Crippen LogP contribution in [0.1, 0.15) is 25.7 Å². The van der Waals surface area contributed by atoms with Gasteiger partial charge in [0.05, 0.1) is 0 Å². The van der Waals surface area contributed by atoms with Crippen LogP contribution in [0.4, 0.5) is 0 Å². The molecule has 5 nitrogen and oxygen atoms in total. The van der Waals surface area contributed by atoms with Gasteiger partial charge in [0.25, 0.3) is 0 Å². The zero-order valence-corrected chi connectivity index (χ0v) is 14.4. The fraction of sp³-hybridized carbons (Fsp3) is 0.438. The summed E-state index contributed by atoms with van der Waals surface area (Å²) < 4.78 is 2.21. The largest absolute Gasteiger partial charge is 0.341 e. The fourth-order valence-electron chi connectivity index (χ4n) is 2.84. The maximum atomic E-state index is 12.6. The third-order valence-electron chi connectivity index (χ3n) is 4.11. The van der Waals surface area contributed by atoms with E-state index in [1.165, 1.54) is 12.8 Å². The minimum absolute atomic E-state index is 0.0969. The van der Waals surface area contributed by atoms with Crippen LogP contribution >= 0.6 is 23.8 Å². The number of H-pyrrole nitrogens is 1. The van der Waals surface area contributed by atoms with Crippen LogP contribution in [0.3, 0.4) is 0 Å². The van der Waals surface area contributed by atoms with Crippen LogP contribution < -0.4 is 0 Å². The quantitative estimate of drug-likeness (QED) is 0.859. The predicted octanol–water partition coefficient (Wildman–Crippen LogP) is 3.66. The maximum Gasteiger partial charge on any atom is 0.242 e. The predicted molar refractivity (Wildman–Crippen MR) is 92.9 cm³/mol. The van der Waals surface area contributed by atoms with Crippen LogP contribution in [0.25, 0.3) is 11.4 Å². The van der Waals surface area contributed by atoms with Crippen molar-refractivity contribution in [3.63, 3.8) is 0 Å². The van der Waals surface area contributed by atoms with Crippen molar-refractivity contribution in [2.45, 2.75) is 32.2 Å². The van der Waals surface area contributed by atoms with E-state index in [0.717, 1.165) is 31.5 Å². The number of hydrogen-bond acceptors (Lipinski definition) is 3. The van der Waals surface area contributed by atoms with E-state index in [0.29, 0.717) is 15.6 Å². The van der Waals surface area contributed by atoms with Gasteiger partial charge in [0.15, 0.2) is 10.6 Å². The highest BCUT2D eigenvalue weighted by atomic mass is 35.5. The molecular formula is C16H19ClN4OS. The number of benzene rings is 1. The number of likely N-dealkylation sites (tertiary alicyclic amines) is 1. The number of hydrogen-bond donors (Lipinski definition) is 1. The molecular weight excluding hydrogens is 332 g/mol. The molecule has 2 heterocycles. The maximum absolute atomic E-state index is 12.6. The second-order valence-electron chi connectivity index (χ2n) is 5.74. The topological polar surface area (TPSA) is 53.9 Å². The molecule has 1 fully saturated rings. The molecule has 1 aliphatic rings. The lowest BCUT2D eigenvalue weighted by Gasteiger charge is -2.20. The van der Waals surface area contributed by atoms with Gasteiger partial charge in [-0.15, -0.1) is 0 Å². The highest BCUT2D eigenvalue weighted by Crippen LogP contribution is 2.20. The van der Waals surface area contributed by atoms with E-state index in [9.17, 15) is 4.79 Å². The minimum atomic E-state index is 0.0969. The smallest absolute Gasteiger partial charge is 0.242 e. The molecule has 2 aromatic rings. The van der Waals surface area contributed by atoms with Crippen molar-refractivity contribution in [2.75, 3.05) is 13.1 Å². The average molecular weight is 351 g/mol. The summed E-state index contributed by atoms with van der Waals surface area (Å²) in [4.78, 5) is 14.5. The van der Waals surface area contributed by atoms with Crippen molar-refractivity contribution in [1.82, 2.24) is 19.7 Å². The van der Waals surface area contributed by atoms with Gasteiger partial charge in [-0.05, 0) is 49.3 Å². The van der Waals surface area contributed by atoms with Crippen LogP contribution in [0.15, 0.2) is 24.3 Å². The molecule has 0 bridgehead atoms. The number of aromatic amines is 1. The van der Waals surface area contributed by atoms with Gasteiger partial charge >= 0.3 is 0 Å². The fourth-order valence-corrected chi connectivity index (χ4v) is 3.16. The van der Waals surface area contributed by atoms with E-state index in [-0.39, 0.29) is 12.5 Å². The SMILES string of the molecule is O=C(Cn1c(-c2ccc(Cl)cc2)n[nH]c1=S)N1CCCCCC1. The van der Waals surface area contributed by atoms with Crippen LogP contribution in [0, 0.1) is 4.77 Å². The molecule has 23 heavy (non-hydrogen) atoms. The Morgan fingerprint density at radius 2 is 1.83 bits per heavy atom. The Labute approximate surface area is 145 Å². The molecule has 1 aromatic heterocycles. The monoisotopic (exact) mass is 350 g/mol. The molecule has 1 saturated heterocycles. The number of nitrogens with zero attached hydrogens (tertiary/aromatic N) is 3. The molecule has 1 amide bonds. The van der Waals surface area contributed by atoms with Gasteiger partial charge in [-0.1, -0.05) is 24.4 Å². The van der Waals surface area contributed by atoms with Crippen molar-refractivity contribution in [1.29, 1.82) is 0 Å². The molecule has 3 rings (SSSR count). The first kappa shape index (κ1) is 16.2. The lowest BCUT2D eigenvalue weighted by atomic mass is 10.2. The van der Waals surface area contributed by atoms with Gasteiger partial charge in [0.1, 0.15) is 6.54 Å². The number of amides is 1. The van der Waals surface area contributed by atoms with Crippen molar-refractivity contribution >= 4 is 29.7 Å². The third-order valence-corrected chi connectivity index (χ3v) is 4.68. The Morgan fingerprint density at radius 3 is 2.48 bits per heavy atom. The van der Waals surface area contributed by atoms with Crippen LogP contribution in [-0.2, 0) is 11.3 Å². The molecule has 1 aromatic carbocycles. The van der Waals surface area contributed by atoms with Gasteiger partial charge in [0, 0.05) is 23.7 Å². The summed E-state index contributed by atoms with van der Waals surface area (Å²) in [6, 6.07) is 7.35. The second-order valence-corrected chi connectivity index (χ2v) is 6.56. The highest BCUT2D eigenvalue weighted by Gasteiger charge is 2.18. The van der Waals surface area contributed by atoms with Gasteiger partial charge < -0.3 is 4.90 Å². The Kier molecular flexibility index (Phi) is 5.13. The van der Waals surface area contributed by atoms with E-state index in [2.05, 4.69) is 10.2 Å². The van der Waals surface area contributed by atoms with Crippen molar-refractivity contribution < 1.29 is 4.79 Å². The van der Waals surface area contributed by atoms with Crippen LogP contribution in [-0.4, -0.2) is 38.7 Å². The molecule has 0 unspecified atom stereocenters. The Hall–Kier alpha value is -1.66. The first-order valence-electron chi connectivity index (χ1n) is 7.84. The number of halogens is 1. The third kappa shape index (κ3) is 3.82. The summed E-state index contributed by atoms with van der Waals surface area (Å²) >= 11 is 11.2. The number of nitrogens with one attached hydrogen (secondary N) is 1. The number of aromatic nitrogens is 3. The first-order valence-corrected chi connectivity index (χ1v) is 8.63. The standard InChI is InChI=1S/C16H19ClN4OS/c17-13-7-5-12(6-8-13)15-18-19-16(23)21(15)11-14(22)20-9-3-1-2-4-10-20/h5-8H,1-4,9-11H2,(H,19,23). The summed E-state index contributed by atoms with van der Waals surface area (Å²) in [6.45, 7) is 1.88. The Bertz CT molecular complexity index is 729. The van der Waals surface area contributed by atoms with Gasteiger partial charge in [-0.2, -0.15) is 5.10 Å². The number of rotatable bonds is 3. The van der Waals surface area contributed by atoms with Gasteiger partial charge in [0.2, 0.25) is 5.91 Å². The molecule has 1 aliphatic heterocycles. The van der Waals surface area contributed by atoms with E-state index in [1.807, 2.05) is 17.0 Å². The van der Waals surface area contributed by atoms with Crippen LogP contribution in [0.5, 0.6) is 0 Å².